The number of benzene rings is 1. The summed E-state index contributed by atoms with van der Waals surface area (Å²) >= 11 is 0. The standard InChI is InChI=1S/C12H18NO.HI/c1-13(2)7-6-10-8-12(14-3)5-4-11(10)9-13;/h4-5,8H,6-7,9H2,1-3H3;1H/q+1;/p-1. The molecular formula is C12H18INO. The van der Waals surface area contributed by atoms with Crippen LogP contribution in [0.1, 0.15) is 11.1 Å². The van der Waals surface area contributed by atoms with Crippen molar-refractivity contribution >= 4 is 0 Å². The van der Waals surface area contributed by atoms with Crippen LogP contribution in [0.4, 0.5) is 0 Å². The minimum absolute atomic E-state index is 0. The molecule has 0 atom stereocenters. The van der Waals surface area contributed by atoms with Gasteiger partial charge in [-0.2, -0.15) is 0 Å². The second kappa shape index (κ2) is 4.70. The SMILES string of the molecule is COc1ccc2c(c1)CC[N+](C)(C)C2.[I-]. The first-order valence-corrected chi connectivity index (χ1v) is 5.08. The molecule has 0 bridgehead atoms. The molecule has 0 N–H and O–H groups in total. The van der Waals surface area contributed by atoms with Gasteiger partial charge < -0.3 is 33.2 Å². The topological polar surface area (TPSA) is 9.23 Å². The Balaban J connectivity index is 0.00000112. The maximum atomic E-state index is 5.23. The number of hydrogen-bond donors (Lipinski definition) is 0. The summed E-state index contributed by atoms with van der Waals surface area (Å²) in [5.41, 5.74) is 2.93. The van der Waals surface area contributed by atoms with Crippen LogP contribution in [0.2, 0.25) is 0 Å². The van der Waals surface area contributed by atoms with Gasteiger partial charge in [-0.1, -0.05) is 0 Å². The van der Waals surface area contributed by atoms with E-state index in [1.807, 2.05) is 0 Å². The fourth-order valence-electron chi connectivity index (χ4n) is 2.08. The Labute approximate surface area is 109 Å². The van der Waals surface area contributed by atoms with Crippen LogP contribution >= 0.6 is 0 Å². The number of ether oxygens (including phenoxy) is 1. The third-order valence-electron chi connectivity index (χ3n) is 3.00. The Morgan fingerprint density at radius 3 is 2.60 bits per heavy atom. The average molecular weight is 319 g/mol. The van der Waals surface area contributed by atoms with E-state index in [1.165, 1.54) is 24.1 Å². The maximum absolute atomic E-state index is 5.23. The smallest absolute Gasteiger partial charge is 0.119 e. The van der Waals surface area contributed by atoms with Gasteiger partial charge in [0.15, 0.2) is 0 Å². The van der Waals surface area contributed by atoms with Gasteiger partial charge >= 0.3 is 0 Å². The predicted molar refractivity (Wildman–Crippen MR) is 57.4 cm³/mol. The van der Waals surface area contributed by atoms with Crippen LogP contribution in [0.15, 0.2) is 18.2 Å². The highest BCUT2D eigenvalue weighted by molar-refractivity contribution is 5.36. The normalized spacial score (nSPS) is 17.5. The van der Waals surface area contributed by atoms with E-state index in [1.54, 1.807) is 7.11 Å². The zero-order valence-corrected chi connectivity index (χ0v) is 11.7. The summed E-state index contributed by atoms with van der Waals surface area (Å²) in [5, 5.41) is 0. The van der Waals surface area contributed by atoms with Crippen molar-refractivity contribution in [3.05, 3.63) is 29.3 Å². The van der Waals surface area contributed by atoms with Gasteiger partial charge in [0.2, 0.25) is 0 Å². The molecule has 1 aromatic carbocycles. The average Bonchev–Trinajstić information content (AvgIpc) is 2.16. The number of methoxy groups -OCH3 is 1. The van der Waals surface area contributed by atoms with Crippen molar-refractivity contribution < 1.29 is 33.2 Å². The number of hydrogen-bond acceptors (Lipinski definition) is 1. The van der Waals surface area contributed by atoms with Gasteiger partial charge in [0.05, 0.1) is 27.7 Å². The zero-order chi connectivity index (χ0) is 10.2. The molecule has 0 spiro atoms. The number of rotatable bonds is 1. The second-order valence-electron chi connectivity index (χ2n) is 4.70. The summed E-state index contributed by atoms with van der Waals surface area (Å²) in [7, 11) is 6.30. The lowest BCUT2D eigenvalue weighted by Gasteiger charge is -2.34. The van der Waals surface area contributed by atoms with Gasteiger partial charge in [0.25, 0.3) is 0 Å². The van der Waals surface area contributed by atoms with Crippen LogP contribution in [0, 0.1) is 0 Å². The summed E-state index contributed by atoms with van der Waals surface area (Å²) in [6.45, 7) is 2.36. The number of fused-ring (bicyclic) bond motifs is 1. The Hall–Kier alpha value is -0.290. The molecule has 0 aromatic heterocycles. The van der Waals surface area contributed by atoms with Crippen molar-refractivity contribution in [1.29, 1.82) is 0 Å². The van der Waals surface area contributed by atoms with Crippen LogP contribution in [-0.2, 0) is 13.0 Å². The van der Waals surface area contributed by atoms with E-state index in [2.05, 4.69) is 32.3 Å². The third kappa shape index (κ3) is 2.84. The number of halogens is 1. The zero-order valence-electron chi connectivity index (χ0n) is 9.59. The lowest BCUT2D eigenvalue weighted by atomic mass is 9.98. The first-order chi connectivity index (χ1) is 6.61. The van der Waals surface area contributed by atoms with Gasteiger partial charge in [-0.3, -0.25) is 0 Å². The molecule has 0 aliphatic carbocycles. The summed E-state index contributed by atoms with van der Waals surface area (Å²) in [5.74, 6) is 0.982. The van der Waals surface area contributed by atoms with Crippen molar-refractivity contribution in [1.82, 2.24) is 0 Å². The van der Waals surface area contributed by atoms with Crippen LogP contribution in [0.5, 0.6) is 5.75 Å². The van der Waals surface area contributed by atoms with E-state index in [0.29, 0.717) is 0 Å². The van der Waals surface area contributed by atoms with Gasteiger partial charge in [0.1, 0.15) is 12.3 Å². The van der Waals surface area contributed by atoms with Crippen molar-refractivity contribution in [3.63, 3.8) is 0 Å². The van der Waals surface area contributed by atoms with Gasteiger partial charge in [-0.15, -0.1) is 0 Å². The van der Waals surface area contributed by atoms with Crippen LogP contribution in [0.25, 0.3) is 0 Å². The molecule has 15 heavy (non-hydrogen) atoms. The van der Waals surface area contributed by atoms with E-state index in [4.69, 9.17) is 4.74 Å². The van der Waals surface area contributed by atoms with Crippen molar-refractivity contribution in [2.75, 3.05) is 27.7 Å². The molecule has 1 heterocycles. The molecule has 0 radical (unpaired) electrons. The highest BCUT2D eigenvalue weighted by Crippen LogP contribution is 2.25. The number of likely N-dealkylation sites (N-methyl/N-ethyl adjacent to an activating group) is 1. The molecule has 1 aromatic rings. The van der Waals surface area contributed by atoms with Crippen LogP contribution in [-0.4, -0.2) is 32.2 Å². The van der Waals surface area contributed by atoms with Crippen molar-refractivity contribution in [3.8, 4) is 5.75 Å². The number of quaternary nitrogens is 1. The Morgan fingerprint density at radius 1 is 1.20 bits per heavy atom. The van der Waals surface area contributed by atoms with E-state index in [0.717, 1.165) is 16.8 Å². The monoisotopic (exact) mass is 319 g/mol. The van der Waals surface area contributed by atoms with E-state index in [9.17, 15) is 0 Å². The fraction of sp³-hybridized carbons (Fsp3) is 0.500. The molecule has 0 amide bonds. The highest BCUT2D eigenvalue weighted by atomic mass is 127. The van der Waals surface area contributed by atoms with E-state index in [-0.39, 0.29) is 24.0 Å². The Kier molecular flexibility index (Phi) is 4.00. The van der Waals surface area contributed by atoms with Crippen LogP contribution in [0.3, 0.4) is 0 Å². The molecular weight excluding hydrogens is 301 g/mol. The van der Waals surface area contributed by atoms with Gasteiger partial charge in [-0.05, 0) is 23.8 Å². The van der Waals surface area contributed by atoms with Crippen LogP contribution < -0.4 is 28.7 Å². The third-order valence-corrected chi connectivity index (χ3v) is 3.00. The number of nitrogens with zero attached hydrogens (tertiary/aromatic N) is 1. The molecule has 3 heteroatoms. The molecule has 0 fully saturated rings. The largest absolute Gasteiger partial charge is 1.00 e. The molecule has 2 rings (SSSR count). The molecule has 0 saturated carbocycles. The lowest BCUT2D eigenvalue weighted by Crippen LogP contribution is -3.00. The molecule has 0 saturated heterocycles. The summed E-state index contributed by atoms with van der Waals surface area (Å²) in [6.07, 6.45) is 1.17. The lowest BCUT2D eigenvalue weighted by molar-refractivity contribution is -0.905. The molecule has 1 aliphatic heterocycles. The van der Waals surface area contributed by atoms with Gasteiger partial charge in [-0.25, -0.2) is 0 Å². The maximum Gasteiger partial charge on any atom is 0.119 e. The highest BCUT2D eigenvalue weighted by Gasteiger charge is 2.23. The minimum Gasteiger partial charge on any atom is -1.00 e. The van der Waals surface area contributed by atoms with Crippen molar-refractivity contribution in [2.24, 2.45) is 0 Å². The van der Waals surface area contributed by atoms with Crippen molar-refractivity contribution in [2.45, 2.75) is 13.0 Å². The Bertz CT molecular complexity index is 349. The van der Waals surface area contributed by atoms with Gasteiger partial charge in [0, 0.05) is 12.0 Å². The second-order valence-corrected chi connectivity index (χ2v) is 4.70. The summed E-state index contributed by atoms with van der Waals surface area (Å²) in [4.78, 5) is 0. The summed E-state index contributed by atoms with van der Waals surface area (Å²) in [6, 6.07) is 6.44. The molecule has 2 nitrogen and oxygen atoms in total. The molecule has 0 unspecified atom stereocenters. The summed E-state index contributed by atoms with van der Waals surface area (Å²) < 4.78 is 6.32. The van der Waals surface area contributed by atoms with E-state index >= 15 is 0 Å². The first kappa shape index (κ1) is 12.8. The first-order valence-electron chi connectivity index (χ1n) is 5.08. The minimum atomic E-state index is 0. The fourth-order valence-corrected chi connectivity index (χ4v) is 2.08. The van der Waals surface area contributed by atoms with E-state index < -0.39 is 0 Å². The molecule has 84 valence electrons. The quantitative estimate of drug-likeness (QED) is 0.468. The predicted octanol–water partition coefficient (Wildman–Crippen LogP) is -1.17. The molecule has 1 aliphatic rings. The Morgan fingerprint density at radius 2 is 1.93 bits per heavy atom.